The van der Waals surface area contributed by atoms with Gasteiger partial charge in [0.05, 0.1) is 34.0 Å². The van der Waals surface area contributed by atoms with Crippen molar-refractivity contribution >= 4 is 15.8 Å². The van der Waals surface area contributed by atoms with Gasteiger partial charge in [0, 0.05) is 32.3 Å². The molecule has 6 saturated carbocycles. The van der Waals surface area contributed by atoms with Gasteiger partial charge in [-0.15, -0.1) is 0 Å². The summed E-state index contributed by atoms with van der Waals surface area (Å²) >= 11 is 0. The van der Waals surface area contributed by atoms with Crippen molar-refractivity contribution in [3.63, 3.8) is 0 Å². The number of hydrogen-bond acceptors (Lipinski definition) is 0. The molecule has 0 spiro atoms. The smallest absolute Gasteiger partial charge is 0.0680 e. The van der Waals surface area contributed by atoms with E-state index < -0.39 is 0 Å². The summed E-state index contributed by atoms with van der Waals surface area (Å²) in [7, 11) is -0.0930. The van der Waals surface area contributed by atoms with Crippen LogP contribution in [0.15, 0.2) is 0 Å². The van der Waals surface area contributed by atoms with Crippen LogP contribution in [0, 0.1) is 0 Å². The average Bonchev–Trinajstić information content (AvgIpc) is 3.01. The maximum absolute atomic E-state index is 1.63. The summed E-state index contributed by atoms with van der Waals surface area (Å²) < 4.78 is 0. The van der Waals surface area contributed by atoms with Gasteiger partial charge >= 0.3 is 0 Å². The van der Waals surface area contributed by atoms with Crippen molar-refractivity contribution in [1.29, 1.82) is 0 Å². The van der Waals surface area contributed by atoms with Gasteiger partial charge in [-0.25, -0.2) is 0 Å². The summed E-state index contributed by atoms with van der Waals surface area (Å²) in [6.07, 6.45) is 47.6. The Balaban J connectivity index is 0.000000210. The molecular formula is C36H68BrNiP2+. The number of rotatable bonds is 6. The number of halogens is 1. The van der Waals surface area contributed by atoms with Gasteiger partial charge < -0.3 is 17.0 Å². The molecule has 0 atom stereocenters. The second-order valence-electron chi connectivity index (χ2n) is 15.0. The largest absolute Gasteiger partial charge is 1.00 e. The van der Waals surface area contributed by atoms with E-state index in [4.69, 9.17) is 0 Å². The summed E-state index contributed by atoms with van der Waals surface area (Å²) in [5.74, 6) is 0. The second kappa shape index (κ2) is 20.8. The predicted octanol–water partition coefficient (Wildman–Crippen LogP) is 9.40. The molecule has 0 N–H and O–H groups in total. The fourth-order valence-corrected chi connectivity index (χ4v) is 21.1. The number of hydrogen-bond donors (Lipinski definition) is 0. The Kier molecular flexibility index (Phi) is 18.9. The molecule has 0 nitrogen and oxygen atoms in total. The van der Waals surface area contributed by atoms with Crippen LogP contribution < -0.4 is 17.0 Å². The average molecular weight is 701 g/mol. The molecule has 40 heavy (non-hydrogen) atoms. The van der Waals surface area contributed by atoms with Crippen LogP contribution >= 0.6 is 15.8 Å². The van der Waals surface area contributed by atoms with Gasteiger partial charge in [0.25, 0.3) is 0 Å². The van der Waals surface area contributed by atoms with E-state index in [9.17, 15) is 0 Å². The Hall–Kier alpha value is 1.83. The molecule has 0 unspecified atom stereocenters. The minimum Gasteiger partial charge on any atom is -1.00 e. The van der Waals surface area contributed by atoms with Gasteiger partial charge in [-0.05, 0) is 154 Å². The zero-order valence-corrected chi connectivity index (χ0v) is 30.9. The molecule has 0 aromatic rings. The quantitative estimate of drug-likeness (QED) is 0.191. The topological polar surface area (TPSA) is 0 Å². The Morgan fingerprint density at radius 3 is 0.475 bits per heavy atom. The van der Waals surface area contributed by atoms with Gasteiger partial charge in [-0.3, -0.25) is 0 Å². The minimum absolute atomic E-state index is 0. The van der Waals surface area contributed by atoms with E-state index >= 15 is 0 Å². The summed E-state index contributed by atoms with van der Waals surface area (Å²) in [5, 5.41) is 0. The van der Waals surface area contributed by atoms with Crippen LogP contribution in [0.25, 0.3) is 0 Å². The van der Waals surface area contributed by atoms with E-state index in [1.54, 1.807) is 193 Å². The Labute approximate surface area is 274 Å². The van der Waals surface area contributed by atoms with Crippen molar-refractivity contribution < 1.29 is 33.5 Å². The molecule has 0 amide bonds. The molecule has 0 aromatic heterocycles. The van der Waals surface area contributed by atoms with E-state index in [-0.39, 0.29) is 49.3 Å². The molecule has 0 saturated heterocycles. The van der Waals surface area contributed by atoms with Gasteiger partial charge in [0.15, 0.2) is 0 Å². The van der Waals surface area contributed by atoms with E-state index in [1.807, 2.05) is 0 Å². The van der Waals surface area contributed by atoms with Crippen LogP contribution in [-0.4, -0.2) is 34.0 Å². The fourth-order valence-electron chi connectivity index (χ4n) is 10.6. The molecular weight excluding hydrogens is 633 g/mol. The van der Waals surface area contributed by atoms with Crippen LogP contribution in [0.5, 0.6) is 0 Å². The molecule has 0 aliphatic heterocycles. The van der Waals surface area contributed by atoms with E-state index in [2.05, 4.69) is 0 Å². The van der Waals surface area contributed by atoms with Gasteiger partial charge in [-0.1, -0.05) is 38.5 Å². The van der Waals surface area contributed by atoms with E-state index in [0.29, 0.717) is 0 Å². The third kappa shape index (κ3) is 11.0. The van der Waals surface area contributed by atoms with Gasteiger partial charge in [0.2, 0.25) is 0 Å². The Morgan fingerprint density at radius 2 is 0.350 bits per heavy atom. The zero-order valence-electron chi connectivity index (χ0n) is 26.4. The molecule has 6 fully saturated rings. The third-order valence-electron chi connectivity index (χ3n) is 12.5. The Morgan fingerprint density at radius 1 is 0.225 bits per heavy atom. The summed E-state index contributed by atoms with van der Waals surface area (Å²) in [6, 6.07) is 0. The van der Waals surface area contributed by atoms with Crippen LogP contribution in [-0.2, 0) is 16.5 Å². The van der Waals surface area contributed by atoms with Crippen molar-refractivity contribution in [3.8, 4) is 0 Å². The summed E-state index contributed by atoms with van der Waals surface area (Å²) in [4.78, 5) is 0. The van der Waals surface area contributed by atoms with Crippen molar-refractivity contribution in [2.75, 3.05) is 0 Å². The maximum Gasteiger partial charge on any atom is 0.0680 e. The van der Waals surface area contributed by atoms with Crippen molar-refractivity contribution in [1.82, 2.24) is 0 Å². The minimum atomic E-state index is -0.0465. The normalized spacial score (nSPS) is 27.4. The predicted molar refractivity (Wildman–Crippen MR) is 178 cm³/mol. The molecule has 6 aliphatic carbocycles. The maximum atomic E-state index is 1.63. The van der Waals surface area contributed by atoms with E-state index in [0.717, 1.165) is 0 Å². The molecule has 4 heteroatoms. The first-order valence-electron chi connectivity index (χ1n) is 18.6. The first-order chi connectivity index (χ1) is 18.9. The molecule has 0 heterocycles. The standard InChI is InChI=1S/2C18H33P.BrH.Ni/c2*1-4-10-16(11-5-1)19(17-12-6-2-7-13-17)18-14-8-3-9-15-18;;/h2*16-18H,1-15H2;1H;/p+1. The summed E-state index contributed by atoms with van der Waals surface area (Å²) in [5.41, 5.74) is 7.36. The monoisotopic (exact) mass is 699 g/mol. The summed E-state index contributed by atoms with van der Waals surface area (Å²) in [6.45, 7) is 0. The Bertz CT molecular complexity index is 471. The fraction of sp³-hybridized carbons (Fsp3) is 1.00. The van der Waals surface area contributed by atoms with Gasteiger partial charge in [0.1, 0.15) is 0 Å². The zero-order chi connectivity index (χ0) is 25.8. The van der Waals surface area contributed by atoms with Gasteiger partial charge in [-0.2, -0.15) is 0 Å². The molecule has 238 valence electrons. The first kappa shape index (κ1) is 36.3. The van der Waals surface area contributed by atoms with Crippen LogP contribution in [0.4, 0.5) is 0 Å². The van der Waals surface area contributed by atoms with Crippen molar-refractivity contribution in [2.45, 2.75) is 227 Å². The van der Waals surface area contributed by atoms with Crippen LogP contribution in [0.3, 0.4) is 0 Å². The SMILES string of the molecule is C1CCC([PH+](C2CCCCC2)C2CCCCC2)CC1.C1CCC([PH+](C2CCCCC2)C2CCCCC2)CC1.[Br-].[Ni]. The van der Waals surface area contributed by atoms with Crippen LogP contribution in [0.2, 0.25) is 0 Å². The van der Waals surface area contributed by atoms with E-state index in [1.165, 1.54) is 34.0 Å². The molecule has 0 aromatic carbocycles. The second-order valence-corrected chi connectivity index (χ2v) is 21.9. The van der Waals surface area contributed by atoms with Crippen LogP contribution in [0.1, 0.15) is 193 Å². The molecule has 6 aliphatic rings. The third-order valence-corrected chi connectivity index (χ3v) is 21.6. The molecule has 6 rings (SSSR count). The van der Waals surface area contributed by atoms with Crippen molar-refractivity contribution in [2.24, 2.45) is 0 Å². The van der Waals surface area contributed by atoms with Crippen molar-refractivity contribution in [3.05, 3.63) is 0 Å². The first-order valence-corrected chi connectivity index (χ1v) is 22.1. The molecule has 0 bridgehead atoms. The molecule has 0 radical (unpaired) electrons.